The summed E-state index contributed by atoms with van der Waals surface area (Å²) in [6.45, 7) is 0. The molecule has 1 aromatic carbocycles. The first-order valence-corrected chi connectivity index (χ1v) is 6.33. The van der Waals surface area contributed by atoms with Gasteiger partial charge in [-0.05, 0) is 54.9 Å². The number of fused-ring (bicyclic) bond motifs is 2. The number of carbonyl (C=O) groups is 1. The van der Waals surface area contributed by atoms with Crippen LogP contribution in [0.25, 0.3) is 0 Å². The predicted octanol–water partition coefficient (Wildman–Crippen LogP) is 1.74. The largest absolute Gasteiger partial charge is 0.426 e. The van der Waals surface area contributed by atoms with Crippen LogP contribution in [0.2, 0.25) is 0 Å². The van der Waals surface area contributed by atoms with Crippen molar-refractivity contribution in [1.82, 2.24) is 0 Å². The van der Waals surface area contributed by atoms with Crippen molar-refractivity contribution in [3.8, 4) is 5.75 Å². The van der Waals surface area contributed by atoms with E-state index in [-0.39, 0.29) is 12.0 Å². The van der Waals surface area contributed by atoms with Crippen LogP contribution in [-0.4, -0.2) is 12.0 Å². The molecule has 1 unspecified atom stereocenters. The normalized spacial score (nSPS) is 23.4. The zero-order valence-electron chi connectivity index (χ0n) is 9.87. The lowest BCUT2D eigenvalue weighted by Gasteiger charge is -2.15. The Hall–Kier alpha value is -1.35. The molecule has 2 aliphatic rings. The summed E-state index contributed by atoms with van der Waals surface area (Å²) in [5.41, 5.74) is 9.73. The zero-order chi connectivity index (χ0) is 11.8. The number of hydrogen-bond donors (Lipinski definition) is 1. The first-order chi connectivity index (χ1) is 8.22. The summed E-state index contributed by atoms with van der Waals surface area (Å²) in [4.78, 5) is 11.5. The molecule has 0 saturated carbocycles. The Bertz CT molecular complexity index is 468. The molecule has 1 aliphatic heterocycles. The summed E-state index contributed by atoms with van der Waals surface area (Å²) in [7, 11) is 0. The second-order valence-corrected chi connectivity index (χ2v) is 5.08. The van der Waals surface area contributed by atoms with Crippen LogP contribution < -0.4 is 10.5 Å². The van der Waals surface area contributed by atoms with E-state index in [1.165, 1.54) is 16.7 Å². The molecule has 3 nitrogen and oxygen atoms in total. The smallest absolute Gasteiger partial charge is 0.311 e. The fourth-order valence-electron chi connectivity index (χ4n) is 2.78. The van der Waals surface area contributed by atoms with Gasteiger partial charge in [-0.25, -0.2) is 0 Å². The Labute approximate surface area is 101 Å². The van der Waals surface area contributed by atoms with Gasteiger partial charge in [0.1, 0.15) is 5.75 Å². The van der Waals surface area contributed by atoms with E-state index in [1.54, 1.807) is 0 Å². The highest BCUT2D eigenvalue weighted by atomic mass is 16.5. The molecule has 1 aromatic rings. The van der Waals surface area contributed by atoms with Crippen LogP contribution in [-0.2, 0) is 24.1 Å². The lowest BCUT2D eigenvalue weighted by atomic mass is 9.99. The Morgan fingerprint density at radius 1 is 1.06 bits per heavy atom. The van der Waals surface area contributed by atoms with Crippen LogP contribution in [0.15, 0.2) is 12.1 Å². The molecule has 0 amide bonds. The number of esters is 1. The molecule has 0 aromatic heterocycles. The van der Waals surface area contributed by atoms with Gasteiger partial charge >= 0.3 is 5.97 Å². The second-order valence-electron chi connectivity index (χ2n) is 5.08. The minimum absolute atomic E-state index is 0.104. The van der Waals surface area contributed by atoms with Gasteiger partial charge in [0.2, 0.25) is 0 Å². The third kappa shape index (κ3) is 2.07. The van der Waals surface area contributed by atoms with Gasteiger partial charge in [-0.1, -0.05) is 6.07 Å². The number of aryl methyl sites for hydroxylation is 1. The van der Waals surface area contributed by atoms with Gasteiger partial charge in [0.15, 0.2) is 0 Å². The van der Waals surface area contributed by atoms with E-state index in [0.29, 0.717) is 6.42 Å². The average Bonchev–Trinajstić information content (AvgIpc) is 2.61. The molecule has 0 bridgehead atoms. The van der Waals surface area contributed by atoms with Gasteiger partial charge in [0, 0.05) is 12.5 Å². The van der Waals surface area contributed by atoms with Crippen LogP contribution >= 0.6 is 0 Å². The summed E-state index contributed by atoms with van der Waals surface area (Å²) in [6, 6.07) is 4.45. The number of hydrogen-bond acceptors (Lipinski definition) is 3. The molecule has 1 aliphatic carbocycles. The van der Waals surface area contributed by atoms with Crippen molar-refractivity contribution in [1.29, 1.82) is 0 Å². The van der Waals surface area contributed by atoms with Crippen LogP contribution in [0.1, 0.15) is 36.0 Å². The maximum atomic E-state index is 11.5. The molecule has 1 heterocycles. The lowest BCUT2D eigenvalue weighted by molar-refractivity contribution is -0.134. The monoisotopic (exact) mass is 231 g/mol. The number of benzene rings is 1. The third-order valence-corrected chi connectivity index (χ3v) is 3.65. The SMILES string of the molecule is NC1Cc2cc3c(cc2C1)OC(=O)CCCC3. The van der Waals surface area contributed by atoms with Crippen molar-refractivity contribution in [2.75, 3.05) is 0 Å². The highest BCUT2D eigenvalue weighted by Crippen LogP contribution is 2.32. The standard InChI is InChI=1S/C14H17NO2/c15-12-6-10-5-9-3-1-2-4-14(16)17-13(9)8-11(10)7-12/h5,8,12H,1-4,6-7,15H2. The van der Waals surface area contributed by atoms with Crippen molar-refractivity contribution in [2.24, 2.45) is 5.73 Å². The van der Waals surface area contributed by atoms with Crippen molar-refractivity contribution in [3.63, 3.8) is 0 Å². The topological polar surface area (TPSA) is 52.3 Å². The summed E-state index contributed by atoms with van der Waals surface area (Å²) in [5, 5.41) is 0. The summed E-state index contributed by atoms with van der Waals surface area (Å²) < 4.78 is 5.42. The first-order valence-electron chi connectivity index (χ1n) is 6.33. The van der Waals surface area contributed by atoms with Crippen molar-refractivity contribution in [2.45, 2.75) is 44.6 Å². The second kappa shape index (κ2) is 4.15. The Morgan fingerprint density at radius 2 is 1.76 bits per heavy atom. The average molecular weight is 231 g/mol. The molecule has 3 heteroatoms. The maximum absolute atomic E-state index is 11.5. The number of rotatable bonds is 0. The molecule has 0 fully saturated rings. The Morgan fingerprint density at radius 3 is 2.59 bits per heavy atom. The molecule has 0 spiro atoms. The van der Waals surface area contributed by atoms with Crippen LogP contribution in [0, 0.1) is 0 Å². The lowest BCUT2D eigenvalue weighted by Crippen LogP contribution is -2.18. The molecule has 1 atom stereocenters. The minimum atomic E-state index is -0.104. The van der Waals surface area contributed by atoms with Crippen LogP contribution in [0.4, 0.5) is 0 Å². The fraction of sp³-hybridized carbons (Fsp3) is 0.500. The van der Waals surface area contributed by atoms with E-state index in [2.05, 4.69) is 6.07 Å². The summed E-state index contributed by atoms with van der Waals surface area (Å²) >= 11 is 0. The predicted molar refractivity (Wildman–Crippen MR) is 65.0 cm³/mol. The molecule has 90 valence electrons. The minimum Gasteiger partial charge on any atom is -0.426 e. The quantitative estimate of drug-likeness (QED) is 0.546. The fourth-order valence-corrected chi connectivity index (χ4v) is 2.78. The molecule has 0 radical (unpaired) electrons. The van der Waals surface area contributed by atoms with Gasteiger partial charge in [0.25, 0.3) is 0 Å². The highest BCUT2D eigenvalue weighted by Gasteiger charge is 2.22. The van der Waals surface area contributed by atoms with Crippen molar-refractivity contribution >= 4 is 5.97 Å². The van der Waals surface area contributed by atoms with Gasteiger partial charge in [0.05, 0.1) is 0 Å². The van der Waals surface area contributed by atoms with Gasteiger partial charge in [-0.3, -0.25) is 4.79 Å². The molecule has 0 saturated heterocycles. The molecule has 2 N–H and O–H groups in total. The van der Waals surface area contributed by atoms with Crippen LogP contribution in [0.3, 0.4) is 0 Å². The third-order valence-electron chi connectivity index (χ3n) is 3.65. The van der Waals surface area contributed by atoms with E-state index in [0.717, 1.165) is 37.9 Å². The van der Waals surface area contributed by atoms with E-state index >= 15 is 0 Å². The van der Waals surface area contributed by atoms with Crippen LogP contribution in [0.5, 0.6) is 5.75 Å². The van der Waals surface area contributed by atoms with Gasteiger partial charge in [-0.15, -0.1) is 0 Å². The first kappa shape index (κ1) is 10.8. The van der Waals surface area contributed by atoms with E-state index < -0.39 is 0 Å². The van der Waals surface area contributed by atoms with E-state index in [4.69, 9.17) is 10.5 Å². The summed E-state index contributed by atoms with van der Waals surface area (Å²) in [6.07, 6.45) is 5.39. The number of carbonyl (C=O) groups excluding carboxylic acids is 1. The van der Waals surface area contributed by atoms with Gasteiger partial charge in [-0.2, -0.15) is 0 Å². The molecule has 17 heavy (non-hydrogen) atoms. The zero-order valence-corrected chi connectivity index (χ0v) is 9.87. The van der Waals surface area contributed by atoms with Gasteiger partial charge < -0.3 is 10.5 Å². The number of nitrogens with two attached hydrogens (primary N) is 1. The highest BCUT2D eigenvalue weighted by molar-refractivity contribution is 5.73. The number of ether oxygens (including phenoxy) is 1. The van der Waals surface area contributed by atoms with Crippen molar-refractivity contribution < 1.29 is 9.53 Å². The molecule has 3 rings (SSSR count). The van der Waals surface area contributed by atoms with E-state index in [9.17, 15) is 4.79 Å². The summed E-state index contributed by atoms with van der Waals surface area (Å²) in [5.74, 6) is 0.663. The van der Waals surface area contributed by atoms with E-state index in [1.807, 2.05) is 6.07 Å². The molecular weight excluding hydrogens is 214 g/mol. The molecular formula is C14H17NO2. The maximum Gasteiger partial charge on any atom is 0.311 e. The van der Waals surface area contributed by atoms with Crippen molar-refractivity contribution in [3.05, 3.63) is 28.8 Å². The Balaban J connectivity index is 2.00. The Kier molecular flexibility index (Phi) is 2.63.